The summed E-state index contributed by atoms with van der Waals surface area (Å²) in [6.45, 7) is 7.09. The predicted molar refractivity (Wildman–Crippen MR) is 105 cm³/mol. The van der Waals surface area contributed by atoms with Crippen LogP contribution in [0.3, 0.4) is 0 Å². The molecule has 0 aromatic heterocycles. The summed E-state index contributed by atoms with van der Waals surface area (Å²) >= 11 is 0. The molecule has 0 saturated carbocycles. The van der Waals surface area contributed by atoms with Crippen molar-refractivity contribution in [3.8, 4) is 5.75 Å². The van der Waals surface area contributed by atoms with Crippen molar-refractivity contribution in [2.24, 2.45) is 4.99 Å². The van der Waals surface area contributed by atoms with Crippen molar-refractivity contribution in [2.75, 3.05) is 26.4 Å². The van der Waals surface area contributed by atoms with Crippen LogP contribution in [0, 0.1) is 5.82 Å². The molecule has 0 fully saturated rings. The zero-order valence-electron chi connectivity index (χ0n) is 14.4. The summed E-state index contributed by atoms with van der Waals surface area (Å²) < 4.78 is 24.4. The number of aliphatic imine (C=N–C) groups is 1. The minimum atomic E-state index is -0.253. The summed E-state index contributed by atoms with van der Waals surface area (Å²) in [6.07, 6.45) is 2.86. The molecule has 2 rings (SSSR count). The second-order valence-electron chi connectivity index (χ2n) is 5.45. The lowest BCUT2D eigenvalue weighted by molar-refractivity contribution is -0.0172. The van der Waals surface area contributed by atoms with Crippen LogP contribution in [-0.4, -0.2) is 32.4 Å². The van der Waals surface area contributed by atoms with E-state index in [4.69, 9.17) is 9.47 Å². The Morgan fingerprint density at radius 1 is 1.29 bits per heavy atom. The summed E-state index contributed by atoms with van der Waals surface area (Å²) in [4.78, 5) is 4.51. The molecule has 1 aromatic carbocycles. The SMILES string of the molecule is CCCCN=C(NCC)NCCc1cc(F)cc2c1OCOC2.I. The van der Waals surface area contributed by atoms with E-state index in [9.17, 15) is 4.39 Å². The van der Waals surface area contributed by atoms with Gasteiger partial charge in [-0.05, 0) is 37.5 Å². The third-order valence-electron chi connectivity index (χ3n) is 3.56. The van der Waals surface area contributed by atoms with Crippen LogP contribution in [0.15, 0.2) is 17.1 Å². The van der Waals surface area contributed by atoms with Gasteiger partial charge in [-0.2, -0.15) is 0 Å². The van der Waals surface area contributed by atoms with Gasteiger partial charge in [-0.25, -0.2) is 4.39 Å². The van der Waals surface area contributed by atoms with Gasteiger partial charge in [0.1, 0.15) is 11.6 Å². The summed E-state index contributed by atoms with van der Waals surface area (Å²) in [6, 6.07) is 3.01. The Bertz CT molecular complexity index is 541. The first-order valence-corrected chi connectivity index (χ1v) is 8.28. The summed E-state index contributed by atoms with van der Waals surface area (Å²) in [5.41, 5.74) is 1.63. The number of nitrogens with one attached hydrogen (secondary N) is 2. The van der Waals surface area contributed by atoms with Crippen LogP contribution in [0.4, 0.5) is 4.39 Å². The molecule has 0 radical (unpaired) electrons. The molecule has 0 spiro atoms. The van der Waals surface area contributed by atoms with E-state index in [1.165, 1.54) is 12.1 Å². The number of ether oxygens (including phenoxy) is 2. The molecular formula is C17H27FIN3O2. The van der Waals surface area contributed by atoms with E-state index in [-0.39, 0.29) is 36.6 Å². The number of unbranched alkanes of at least 4 members (excludes halogenated alkanes) is 1. The van der Waals surface area contributed by atoms with Gasteiger partial charge in [0.15, 0.2) is 12.8 Å². The summed E-state index contributed by atoms with van der Waals surface area (Å²) in [5.74, 6) is 1.30. The summed E-state index contributed by atoms with van der Waals surface area (Å²) in [7, 11) is 0. The van der Waals surface area contributed by atoms with E-state index in [0.717, 1.165) is 48.8 Å². The molecule has 1 aliphatic rings. The summed E-state index contributed by atoms with van der Waals surface area (Å²) in [5, 5.41) is 6.50. The first-order chi connectivity index (χ1) is 11.2. The van der Waals surface area contributed by atoms with Crippen LogP contribution < -0.4 is 15.4 Å². The first kappa shape index (κ1) is 21.0. The van der Waals surface area contributed by atoms with Gasteiger partial charge in [-0.1, -0.05) is 13.3 Å². The van der Waals surface area contributed by atoms with Crippen LogP contribution in [0.2, 0.25) is 0 Å². The fourth-order valence-electron chi connectivity index (χ4n) is 2.45. The van der Waals surface area contributed by atoms with E-state index in [0.29, 0.717) is 19.6 Å². The number of hydrogen-bond donors (Lipinski definition) is 2. The Kier molecular flexibility index (Phi) is 10.0. The molecule has 7 heteroatoms. The lowest BCUT2D eigenvalue weighted by atomic mass is 10.1. The van der Waals surface area contributed by atoms with Crippen LogP contribution in [-0.2, 0) is 17.8 Å². The van der Waals surface area contributed by atoms with E-state index in [1.54, 1.807) is 0 Å². The number of fused-ring (bicyclic) bond motifs is 1. The average molecular weight is 451 g/mol. The van der Waals surface area contributed by atoms with Crippen molar-refractivity contribution >= 4 is 29.9 Å². The minimum absolute atomic E-state index is 0. The Morgan fingerprint density at radius 2 is 2.12 bits per heavy atom. The van der Waals surface area contributed by atoms with Gasteiger partial charge >= 0.3 is 0 Å². The minimum Gasteiger partial charge on any atom is -0.467 e. The molecule has 2 N–H and O–H groups in total. The Labute approximate surface area is 160 Å². The highest BCUT2D eigenvalue weighted by Gasteiger charge is 2.16. The van der Waals surface area contributed by atoms with Gasteiger partial charge < -0.3 is 20.1 Å². The standard InChI is InChI=1S/C17H26FN3O2.HI/c1-3-5-7-20-17(19-4-2)21-8-6-13-9-15(18)10-14-11-22-12-23-16(13)14;/h9-10H,3-8,11-12H2,1-2H3,(H2,19,20,21);1H. The molecule has 0 saturated heterocycles. The quantitative estimate of drug-likeness (QED) is 0.290. The van der Waals surface area contributed by atoms with Crippen molar-refractivity contribution in [2.45, 2.75) is 39.7 Å². The van der Waals surface area contributed by atoms with Gasteiger partial charge in [0, 0.05) is 25.2 Å². The van der Waals surface area contributed by atoms with Gasteiger partial charge in [0.2, 0.25) is 0 Å². The molecule has 24 heavy (non-hydrogen) atoms. The van der Waals surface area contributed by atoms with Crippen LogP contribution in [0.25, 0.3) is 0 Å². The smallest absolute Gasteiger partial charge is 0.191 e. The highest BCUT2D eigenvalue weighted by atomic mass is 127. The van der Waals surface area contributed by atoms with Crippen LogP contribution >= 0.6 is 24.0 Å². The molecule has 0 atom stereocenters. The Morgan fingerprint density at radius 3 is 2.88 bits per heavy atom. The molecule has 5 nitrogen and oxygen atoms in total. The number of nitrogens with zero attached hydrogens (tertiary/aromatic N) is 1. The van der Waals surface area contributed by atoms with Crippen molar-refractivity contribution in [3.05, 3.63) is 29.1 Å². The number of rotatable bonds is 7. The Hall–Kier alpha value is -1.09. The molecule has 1 heterocycles. The molecule has 0 bridgehead atoms. The molecule has 0 amide bonds. The van der Waals surface area contributed by atoms with Crippen molar-refractivity contribution in [1.29, 1.82) is 0 Å². The lowest BCUT2D eigenvalue weighted by Gasteiger charge is -2.21. The van der Waals surface area contributed by atoms with Crippen molar-refractivity contribution in [3.63, 3.8) is 0 Å². The molecular weight excluding hydrogens is 424 g/mol. The number of benzene rings is 1. The van der Waals surface area contributed by atoms with Gasteiger partial charge in [0.05, 0.1) is 6.61 Å². The first-order valence-electron chi connectivity index (χ1n) is 8.28. The zero-order chi connectivity index (χ0) is 16.5. The average Bonchev–Trinajstić information content (AvgIpc) is 2.55. The fourth-order valence-corrected chi connectivity index (χ4v) is 2.45. The predicted octanol–water partition coefficient (Wildman–Crippen LogP) is 3.21. The third-order valence-corrected chi connectivity index (χ3v) is 3.56. The maximum Gasteiger partial charge on any atom is 0.191 e. The molecule has 1 aromatic rings. The number of halogens is 2. The van der Waals surface area contributed by atoms with Crippen molar-refractivity contribution < 1.29 is 13.9 Å². The largest absolute Gasteiger partial charge is 0.467 e. The monoisotopic (exact) mass is 451 g/mol. The van der Waals surface area contributed by atoms with Crippen LogP contribution in [0.1, 0.15) is 37.8 Å². The van der Waals surface area contributed by atoms with E-state index in [2.05, 4.69) is 22.5 Å². The van der Waals surface area contributed by atoms with Crippen LogP contribution in [0.5, 0.6) is 5.75 Å². The molecule has 0 aliphatic carbocycles. The van der Waals surface area contributed by atoms with Gasteiger partial charge in [0.25, 0.3) is 0 Å². The highest BCUT2D eigenvalue weighted by Crippen LogP contribution is 2.29. The zero-order valence-corrected chi connectivity index (χ0v) is 16.7. The van der Waals surface area contributed by atoms with Crippen molar-refractivity contribution in [1.82, 2.24) is 10.6 Å². The maximum absolute atomic E-state index is 13.7. The normalized spacial score (nSPS) is 13.5. The second kappa shape index (κ2) is 11.5. The highest BCUT2D eigenvalue weighted by molar-refractivity contribution is 14.0. The maximum atomic E-state index is 13.7. The Balaban J connectivity index is 0.00000288. The number of guanidine groups is 1. The third kappa shape index (κ3) is 6.43. The topological polar surface area (TPSA) is 54.9 Å². The fraction of sp³-hybridized carbons (Fsp3) is 0.588. The second-order valence-corrected chi connectivity index (χ2v) is 5.45. The lowest BCUT2D eigenvalue weighted by Crippen LogP contribution is -2.38. The van der Waals surface area contributed by atoms with E-state index in [1.807, 2.05) is 6.92 Å². The molecule has 136 valence electrons. The van der Waals surface area contributed by atoms with Gasteiger partial charge in [-0.3, -0.25) is 4.99 Å². The van der Waals surface area contributed by atoms with E-state index >= 15 is 0 Å². The van der Waals surface area contributed by atoms with E-state index < -0.39 is 0 Å². The molecule has 1 aliphatic heterocycles. The molecule has 0 unspecified atom stereocenters. The number of hydrogen-bond acceptors (Lipinski definition) is 3. The van der Waals surface area contributed by atoms with Gasteiger partial charge in [-0.15, -0.1) is 24.0 Å².